The Bertz CT molecular complexity index is 1230. The molecule has 1 aliphatic carbocycles. The highest BCUT2D eigenvalue weighted by Crippen LogP contribution is 2.47. The predicted octanol–water partition coefficient (Wildman–Crippen LogP) is 3.97. The SMILES string of the molecule is CN1C(=C=O)C(Sc2cccn3nccc23)=CN=C1N1CCC2(CCC[C@H]2N[S+]([O-])C(C)(C)C)CC1. The average molecular weight is 527 g/mol. The monoisotopic (exact) mass is 526 g/mol. The molecule has 1 saturated carbocycles. The van der Waals surface area contributed by atoms with Crippen LogP contribution in [-0.4, -0.2) is 66.8 Å². The molecule has 1 N–H and O–H groups in total. The maximum atomic E-state index is 12.8. The highest BCUT2D eigenvalue weighted by atomic mass is 32.2. The number of fused-ring (bicyclic) bond motifs is 1. The first-order chi connectivity index (χ1) is 17.2. The molecule has 8 nitrogen and oxygen atoms in total. The molecule has 5 rings (SSSR count). The van der Waals surface area contributed by atoms with Crippen LogP contribution in [0.5, 0.6) is 0 Å². The summed E-state index contributed by atoms with van der Waals surface area (Å²) in [7, 11) is 1.89. The van der Waals surface area contributed by atoms with E-state index in [-0.39, 0.29) is 16.2 Å². The third-order valence-electron chi connectivity index (χ3n) is 7.63. The van der Waals surface area contributed by atoms with Gasteiger partial charge in [-0.3, -0.25) is 0 Å². The molecule has 1 spiro atoms. The fraction of sp³-hybridized carbons (Fsp3) is 0.538. The van der Waals surface area contributed by atoms with E-state index in [1.807, 2.05) is 61.6 Å². The van der Waals surface area contributed by atoms with Crippen molar-refractivity contribution in [3.05, 3.63) is 47.4 Å². The first-order valence-corrected chi connectivity index (χ1v) is 14.5. The number of hydrogen-bond acceptors (Lipinski definition) is 8. The Morgan fingerprint density at radius 3 is 2.75 bits per heavy atom. The van der Waals surface area contributed by atoms with Crippen LogP contribution in [0, 0.1) is 5.41 Å². The molecule has 1 saturated heterocycles. The first kappa shape index (κ1) is 25.4. The lowest BCUT2D eigenvalue weighted by molar-refractivity contribution is 0.122. The highest BCUT2D eigenvalue weighted by Gasteiger charge is 2.48. The van der Waals surface area contributed by atoms with Gasteiger partial charge in [-0.25, -0.2) is 14.3 Å². The maximum Gasteiger partial charge on any atom is 0.206 e. The lowest BCUT2D eigenvalue weighted by Crippen LogP contribution is -2.55. The largest absolute Gasteiger partial charge is 0.598 e. The molecule has 2 aromatic rings. The van der Waals surface area contributed by atoms with Crippen molar-refractivity contribution >= 4 is 40.5 Å². The van der Waals surface area contributed by atoms with Gasteiger partial charge in [-0.15, -0.1) is 4.72 Å². The van der Waals surface area contributed by atoms with E-state index in [4.69, 9.17) is 4.99 Å². The normalized spacial score (nSPS) is 23.1. The molecular formula is C26H34N6O2S2. The molecule has 2 aliphatic heterocycles. The van der Waals surface area contributed by atoms with Gasteiger partial charge in [-0.05, 0) is 70.1 Å². The van der Waals surface area contributed by atoms with Crippen LogP contribution in [0.1, 0.15) is 52.9 Å². The number of carbonyl (C=O) groups excluding carboxylic acids is 1. The molecule has 0 bridgehead atoms. The van der Waals surface area contributed by atoms with Crippen molar-refractivity contribution in [3.63, 3.8) is 0 Å². The summed E-state index contributed by atoms with van der Waals surface area (Å²) in [6.45, 7) is 7.78. The van der Waals surface area contributed by atoms with Crippen LogP contribution in [0.15, 0.2) is 57.3 Å². The first-order valence-electron chi connectivity index (χ1n) is 12.5. The molecule has 36 heavy (non-hydrogen) atoms. The number of aromatic nitrogens is 2. The molecule has 0 aromatic carbocycles. The van der Waals surface area contributed by atoms with Crippen molar-refractivity contribution in [2.24, 2.45) is 10.4 Å². The minimum absolute atomic E-state index is 0.176. The molecule has 2 aromatic heterocycles. The van der Waals surface area contributed by atoms with Crippen LogP contribution < -0.4 is 4.72 Å². The van der Waals surface area contributed by atoms with Gasteiger partial charge in [0.2, 0.25) is 5.96 Å². The second-order valence-corrected chi connectivity index (χ2v) is 13.9. The maximum absolute atomic E-state index is 12.8. The summed E-state index contributed by atoms with van der Waals surface area (Å²) < 4.78 is 17.8. The van der Waals surface area contributed by atoms with Crippen LogP contribution in [-0.2, 0) is 16.2 Å². The Kier molecular flexibility index (Phi) is 7.00. The van der Waals surface area contributed by atoms with Gasteiger partial charge >= 0.3 is 0 Å². The van der Waals surface area contributed by atoms with Crippen molar-refractivity contribution in [1.82, 2.24) is 24.1 Å². The molecule has 2 fully saturated rings. The van der Waals surface area contributed by atoms with E-state index in [9.17, 15) is 9.35 Å². The standard InChI is InChI=1S/C26H34N6O2S2/c1-25(2,3)36(34)29-23-8-5-10-26(23)11-15-31(16-12-26)24-27-17-22(20(18-33)30(24)4)35-21-7-6-14-32-19(21)9-13-28-32/h6-7,9,13-14,17,23,29H,5,8,10-12,15-16H2,1-4H3/t23-,36?/m1/s1. The number of aliphatic imine (C=N–C) groups is 1. The minimum Gasteiger partial charge on any atom is -0.598 e. The zero-order chi connectivity index (χ0) is 25.5. The molecule has 4 heterocycles. The number of nitrogens with zero attached hydrogens (tertiary/aromatic N) is 5. The van der Waals surface area contributed by atoms with E-state index in [0.717, 1.165) is 53.6 Å². The van der Waals surface area contributed by atoms with Crippen LogP contribution in [0.4, 0.5) is 0 Å². The van der Waals surface area contributed by atoms with Gasteiger partial charge in [0.25, 0.3) is 0 Å². The second kappa shape index (κ2) is 9.91. The number of hydrogen-bond donors (Lipinski definition) is 1. The molecule has 10 heteroatoms. The zero-order valence-electron chi connectivity index (χ0n) is 21.4. The van der Waals surface area contributed by atoms with Crippen LogP contribution >= 0.6 is 11.8 Å². The topological polar surface area (TPSA) is 88.3 Å². The molecular weight excluding hydrogens is 492 g/mol. The van der Waals surface area contributed by atoms with E-state index in [1.165, 1.54) is 24.6 Å². The Balaban J connectivity index is 1.31. The number of pyridine rings is 1. The van der Waals surface area contributed by atoms with Crippen LogP contribution in [0.25, 0.3) is 5.52 Å². The fourth-order valence-electron chi connectivity index (χ4n) is 5.53. The number of thioether (sulfide) groups is 1. The number of likely N-dealkylation sites (tertiary alicyclic amines) is 1. The smallest absolute Gasteiger partial charge is 0.206 e. The van der Waals surface area contributed by atoms with Crippen molar-refractivity contribution < 1.29 is 9.35 Å². The number of nitrogens with one attached hydrogen (secondary N) is 1. The van der Waals surface area contributed by atoms with Crippen LogP contribution in [0.3, 0.4) is 0 Å². The van der Waals surface area contributed by atoms with Crippen LogP contribution in [0.2, 0.25) is 0 Å². The Labute approximate surface area is 220 Å². The van der Waals surface area contributed by atoms with E-state index >= 15 is 0 Å². The molecule has 1 unspecified atom stereocenters. The quantitative estimate of drug-likeness (QED) is 0.476. The van der Waals surface area contributed by atoms with E-state index in [2.05, 4.69) is 20.7 Å². The molecule has 3 aliphatic rings. The summed E-state index contributed by atoms with van der Waals surface area (Å²) in [5.41, 5.74) is 1.65. The summed E-state index contributed by atoms with van der Waals surface area (Å²) in [5.74, 6) is 2.94. The third-order valence-corrected chi connectivity index (χ3v) is 10.3. The zero-order valence-corrected chi connectivity index (χ0v) is 23.0. The molecule has 192 valence electrons. The average Bonchev–Trinajstić information content (AvgIpc) is 3.48. The summed E-state index contributed by atoms with van der Waals surface area (Å²) in [4.78, 5) is 22.8. The summed E-state index contributed by atoms with van der Waals surface area (Å²) >= 11 is 0.439. The number of rotatable bonds is 4. The molecule has 0 amide bonds. The lowest BCUT2D eigenvalue weighted by Gasteiger charge is -2.45. The van der Waals surface area contributed by atoms with Gasteiger partial charge in [0.05, 0.1) is 22.7 Å². The Hall–Kier alpha value is -2.23. The highest BCUT2D eigenvalue weighted by molar-refractivity contribution is 8.03. The van der Waals surface area contributed by atoms with Crippen molar-refractivity contribution in [2.45, 2.75) is 68.6 Å². The summed E-state index contributed by atoms with van der Waals surface area (Å²) in [5, 5.41) is 4.30. The number of guanidine groups is 1. The lowest BCUT2D eigenvalue weighted by atomic mass is 9.74. The minimum atomic E-state index is -1.06. The van der Waals surface area contributed by atoms with Gasteiger partial charge < -0.3 is 14.4 Å². The fourth-order valence-corrected chi connectivity index (χ4v) is 7.54. The molecule has 0 radical (unpaired) electrons. The Morgan fingerprint density at radius 1 is 1.25 bits per heavy atom. The van der Waals surface area contributed by atoms with Gasteiger partial charge in [-0.1, -0.05) is 18.2 Å². The van der Waals surface area contributed by atoms with Crippen molar-refractivity contribution in [2.75, 3.05) is 20.1 Å². The van der Waals surface area contributed by atoms with E-state index < -0.39 is 11.4 Å². The summed E-state index contributed by atoms with van der Waals surface area (Å²) in [6, 6.07) is 6.21. The van der Waals surface area contributed by atoms with Gasteiger partial charge in [0.15, 0.2) is 5.94 Å². The summed E-state index contributed by atoms with van der Waals surface area (Å²) in [6.07, 6.45) is 10.9. The van der Waals surface area contributed by atoms with Crippen molar-refractivity contribution in [1.29, 1.82) is 0 Å². The predicted molar refractivity (Wildman–Crippen MR) is 145 cm³/mol. The third kappa shape index (κ3) is 4.73. The van der Waals surface area contributed by atoms with Gasteiger partial charge in [0.1, 0.15) is 10.4 Å². The van der Waals surface area contributed by atoms with Crippen molar-refractivity contribution in [3.8, 4) is 0 Å². The van der Waals surface area contributed by atoms with E-state index in [1.54, 1.807) is 12.4 Å². The number of piperidine rings is 1. The molecule has 2 atom stereocenters. The van der Waals surface area contributed by atoms with Gasteiger partial charge in [0, 0.05) is 48.8 Å². The number of likely N-dealkylation sites (N-methyl/N-ethyl adjacent to an activating group) is 1. The Morgan fingerprint density at radius 2 is 2.03 bits per heavy atom. The second-order valence-electron chi connectivity index (χ2n) is 10.9. The van der Waals surface area contributed by atoms with E-state index in [0.29, 0.717) is 5.70 Å². The van der Waals surface area contributed by atoms with Gasteiger partial charge in [-0.2, -0.15) is 5.10 Å².